The van der Waals surface area contributed by atoms with Crippen molar-refractivity contribution in [2.45, 2.75) is 20.8 Å². The quantitative estimate of drug-likeness (QED) is 0.356. The minimum absolute atomic E-state index is 0.111. The van der Waals surface area contributed by atoms with E-state index in [-0.39, 0.29) is 17.6 Å². The summed E-state index contributed by atoms with van der Waals surface area (Å²) in [7, 11) is 0. The maximum atomic E-state index is 13.9. The monoisotopic (exact) mass is 255 g/mol. The van der Waals surface area contributed by atoms with Crippen LogP contribution in [0.5, 0.6) is 0 Å². The third kappa shape index (κ3) is 3.06. The van der Waals surface area contributed by atoms with Crippen LogP contribution in [0.4, 0.5) is 10.2 Å². The molecule has 1 rings (SSSR count). The Kier molecular flexibility index (Phi) is 4.82. The number of hydrogen-bond acceptors (Lipinski definition) is 5. The average molecular weight is 255 g/mol. The second-order valence-electron chi connectivity index (χ2n) is 4.06. The van der Waals surface area contributed by atoms with E-state index in [1.54, 1.807) is 18.7 Å². The predicted molar refractivity (Wildman–Crippen MR) is 67.2 cm³/mol. The van der Waals surface area contributed by atoms with E-state index in [0.717, 1.165) is 0 Å². The van der Waals surface area contributed by atoms with Crippen molar-refractivity contribution in [2.24, 2.45) is 16.8 Å². The first-order valence-corrected chi connectivity index (χ1v) is 5.70. The van der Waals surface area contributed by atoms with Gasteiger partial charge in [-0.25, -0.2) is 14.4 Å². The zero-order chi connectivity index (χ0) is 13.7. The molecule has 100 valence electrons. The van der Waals surface area contributed by atoms with Crippen molar-refractivity contribution in [1.29, 1.82) is 0 Å². The highest BCUT2D eigenvalue weighted by molar-refractivity contribution is 5.82. The minimum Gasteiger partial charge on any atom is -0.409 e. The van der Waals surface area contributed by atoms with Gasteiger partial charge in [-0.3, -0.25) is 0 Å². The second-order valence-corrected chi connectivity index (χ2v) is 4.06. The van der Waals surface area contributed by atoms with Crippen molar-refractivity contribution in [1.82, 2.24) is 9.97 Å². The van der Waals surface area contributed by atoms with Crippen LogP contribution < -0.4 is 10.6 Å². The fourth-order valence-electron chi connectivity index (χ4n) is 1.55. The van der Waals surface area contributed by atoms with E-state index in [2.05, 4.69) is 15.1 Å². The molecule has 7 heteroatoms. The number of aromatic nitrogens is 2. The third-order valence-corrected chi connectivity index (χ3v) is 2.74. The zero-order valence-corrected chi connectivity index (χ0v) is 10.8. The van der Waals surface area contributed by atoms with Crippen LogP contribution in [0.2, 0.25) is 0 Å². The molecule has 1 heterocycles. The first-order valence-electron chi connectivity index (χ1n) is 5.70. The van der Waals surface area contributed by atoms with E-state index in [1.165, 1.54) is 6.33 Å². The van der Waals surface area contributed by atoms with E-state index in [0.29, 0.717) is 18.8 Å². The number of rotatable bonds is 5. The molecule has 0 amide bonds. The summed E-state index contributed by atoms with van der Waals surface area (Å²) >= 11 is 0. The molecule has 1 aromatic heterocycles. The van der Waals surface area contributed by atoms with Gasteiger partial charge in [-0.2, -0.15) is 0 Å². The Labute approximate surface area is 105 Å². The largest absolute Gasteiger partial charge is 0.409 e. The van der Waals surface area contributed by atoms with E-state index < -0.39 is 5.82 Å². The lowest BCUT2D eigenvalue weighted by Gasteiger charge is -2.25. The van der Waals surface area contributed by atoms with Crippen LogP contribution in [-0.2, 0) is 0 Å². The zero-order valence-electron chi connectivity index (χ0n) is 10.8. The SMILES string of the molecule is CCN(CC(C)C(N)=NO)c1ncnc(C)c1F. The molecule has 6 nitrogen and oxygen atoms in total. The molecular weight excluding hydrogens is 237 g/mol. The van der Waals surface area contributed by atoms with E-state index in [1.807, 2.05) is 6.92 Å². The van der Waals surface area contributed by atoms with Gasteiger partial charge in [0.15, 0.2) is 11.6 Å². The molecule has 18 heavy (non-hydrogen) atoms. The lowest BCUT2D eigenvalue weighted by molar-refractivity contribution is 0.314. The maximum absolute atomic E-state index is 13.9. The van der Waals surface area contributed by atoms with Crippen molar-refractivity contribution < 1.29 is 9.60 Å². The molecule has 0 bridgehead atoms. The van der Waals surface area contributed by atoms with Gasteiger partial charge in [0.2, 0.25) is 0 Å². The molecule has 0 saturated carbocycles. The van der Waals surface area contributed by atoms with Crippen LogP contribution in [-0.4, -0.2) is 34.1 Å². The Morgan fingerprint density at radius 1 is 1.61 bits per heavy atom. The summed E-state index contributed by atoms with van der Waals surface area (Å²) in [5.41, 5.74) is 5.81. The van der Waals surface area contributed by atoms with Crippen LogP contribution in [0.1, 0.15) is 19.5 Å². The summed E-state index contributed by atoms with van der Waals surface area (Å²) < 4.78 is 13.9. The Morgan fingerprint density at radius 2 is 2.28 bits per heavy atom. The van der Waals surface area contributed by atoms with Crippen molar-refractivity contribution in [3.63, 3.8) is 0 Å². The second kappa shape index (κ2) is 6.13. The molecule has 0 aromatic carbocycles. The minimum atomic E-state index is -0.439. The number of anilines is 1. The molecule has 0 aliphatic rings. The lowest BCUT2D eigenvalue weighted by Crippen LogP contribution is -2.36. The number of amidine groups is 1. The van der Waals surface area contributed by atoms with Gasteiger partial charge in [-0.05, 0) is 13.8 Å². The summed E-state index contributed by atoms with van der Waals surface area (Å²) in [5.74, 6) is -0.294. The topological polar surface area (TPSA) is 87.6 Å². The number of halogens is 1. The number of nitrogens with zero attached hydrogens (tertiary/aromatic N) is 4. The normalized spacial score (nSPS) is 13.4. The molecule has 0 aliphatic heterocycles. The summed E-state index contributed by atoms with van der Waals surface area (Å²) in [4.78, 5) is 9.46. The van der Waals surface area contributed by atoms with Crippen molar-refractivity contribution >= 4 is 11.7 Å². The summed E-state index contributed by atoms with van der Waals surface area (Å²) in [5, 5.41) is 11.6. The van der Waals surface area contributed by atoms with Crippen molar-refractivity contribution in [2.75, 3.05) is 18.0 Å². The van der Waals surface area contributed by atoms with Crippen LogP contribution in [0, 0.1) is 18.7 Å². The van der Waals surface area contributed by atoms with Gasteiger partial charge in [0.1, 0.15) is 12.2 Å². The number of aryl methyl sites for hydroxylation is 1. The predicted octanol–water partition coefficient (Wildman–Crippen LogP) is 1.13. The van der Waals surface area contributed by atoms with Gasteiger partial charge in [0, 0.05) is 19.0 Å². The molecule has 0 aliphatic carbocycles. The molecule has 0 fully saturated rings. The molecule has 0 radical (unpaired) electrons. The highest BCUT2D eigenvalue weighted by atomic mass is 19.1. The van der Waals surface area contributed by atoms with Gasteiger partial charge >= 0.3 is 0 Å². The Balaban J connectivity index is 2.93. The first-order chi connectivity index (χ1) is 8.51. The molecule has 1 atom stereocenters. The number of hydrogen-bond donors (Lipinski definition) is 2. The van der Waals surface area contributed by atoms with Gasteiger partial charge in [-0.1, -0.05) is 12.1 Å². The van der Waals surface area contributed by atoms with Crippen molar-refractivity contribution in [3.05, 3.63) is 17.8 Å². The molecule has 0 saturated heterocycles. The fraction of sp³-hybridized carbons (Fsp3) is 0.545. The van der Waals surface area contributed by atoms with E-state index in [9.17, 15) is 4.39 Å². The third-order valence-electron chi connectivity index (χ3n) is 2.74. The van der Waals surface area contributed by atoms with Crippen LogP contribution in [0.15, 0.2) is 11.5 Å². The smallest absolute Gasteiger partial charge is 0.186 e. The Bertz CT molecular complexity index is 437. The van der Waals surface area contributed by atoms with E-state index in [4.69, 9.17) is 10.9 Å². The van der Waals surface area contributed by atoms with E-state index >= 15 is 0 Å². The first kappa shape index (κ1) is 14.1. The average Bonchev–Trinajstić information content (AvgIpc) is 2.38. The van der Waals surface area contributed by atoms with Gasteiger partial charge < -0.3 is 15.8 Å². The van der Waals surface area contributed by atoms with Gasteiger partial charge in [-0.15, -0.1) is 0 Å². The highest BCUT2D eigenvalue weighted by Gasteiger charge is 2.18. The molecule has 1 unspecified atom stereocenters. The van der Waals surface area contributed by atoms with Crippen LogP contribution >= 0.6 is 0 Å². The molecular formula is C11H18FN5O. The molecule has 1 aromatic rings. The molecule has 3 N–H and O–H groups in total. The van der Waals surface area contributed by atoms with Crippen molar-refractivity contribution in [3.8, 4) is 0 Å². The maximum Gasteiger partial charge on any atom is 0.186 e. The van der Waals surface area contributed by atoms with Gasteiger partial charge in [0.05, 0.1) is 5.69 Å². The fourth-order valence-corrected chi connectivity index (χ4v) is 1.55. The Hall–Kier alpha value is -1.92. The summed E-state index contributed by atoms with van der Waals surface area (Å²) in [6, 6.07) is 0. The summed E-state index contributed by atoms with van der Waals surface area (Å²) in [6.07, 6.45) is 1.32. The van der Waals surface area contributed by atoms with Gasteiger partial charge in [0.25, 0.3) is 0 Å². The highest BCUT2D eigenvalue weighted by Crippen LogP contribution is 2.18. The summed E-state index contributed by atoms with van der Waals surface area (Å²) in [6.45, 7) is 6.25. The number of oxime groups is 1. The van der Waals surface area contributed by atoms with Crippen LogP contribution in [0.25, 0.3) is 0 Å². The number of nitrogens with two attached hydrogens (primary N) is 1. The van der Waals surface area contributed by atoms with Crippen LogP contribution in [0.3, 0.4) is 0 Å². The molecule has 0 spiro atoms. The lowest BCUT2D eigenvalue weighted by atomic mass is 10.1. The standard InChI is InChI=1S/C11H18FN5O/c1-4-17(5-7(2)10(13)16-18)11-9(12)8(3)14-6-15-11/h6-7,18H,4-5H2,1-3H3,(H2,13,16). The Morgan fingerprint density at radius 3 is 2.83 bits per heavy atom.